The molecule has 0 aliphatic carbocycles. The van der Waals surface area contributed by atoms with Gasteiger partial charge in [0.05, 0.1) is 35.2 Å². The molecule has 1 fully saturated rings. The van der Waals surface area contributed by atoms with Crippen LogP contribution in [0.4, 0.5) is 4.39 Å². The Morgan fingerprint density at radius 2 is 1.89 bits per heavy atom. The lowest BCUT2D eigenvalue weighted by Gasteiger charge is -2.36. The van der Waals surface area contributed by atoms with E-state index in [1.807, 2.05) is 18.7 Å². The standard InChI is InChI=1S/C23H27FN10O2.C2H6/c24-15-13-31-22(34(28)6-4-25)20-18(15)14(12-30-20)21(35)23(36)33-9-7-32(8-10-33)17(11-26)19(27)16-3-1-2-5-29-16;1-2/h1-6,11-13,18,20,26,30H,7-10,25,27-28H2;1-2H3/b6-4-,19-17+,26-11?;. The molecule has 0 spiro atoms. The smallest absolute Gasteiger partial charge is 0.294 e. The Kier molecular flexibility index (Phi) is 9.33. The molecule has 12 nitrogen and oxygen atoms in total. The van der Waals surface area contributed by atoms with Crippen LogP contribution >= 0.6 is 0 Å². The third-order valence-electron chi connectivity index (χ3n) is 6.21. The minimum atomic E-state index is -1.03. The molecule has 38 heavy (non-hydrogen) atoms. The molecule has 1 amide bonds. The Labute approximate surface area is 220 Å². The summed E-state index contributed by atoms with van der Waals surface area (Å²) in [6, 6.07) is 4.56. The number of carbonyl (C=O) groups excluding carboxylic acids is 2. The van der Waals surface area contributed by atoms with Crippen molar-refractivity contribution < 1.29 is 14.0 Å². The molecule has 3 aliphatic rings. The van der Waals surface area contributed by atoms with Crippen molar-refractivity contribution in [3.8, 4) is 0 Å². The van der Waals surface area contributed by atoms with Crippen molar-refractivity contribution in [2.24, 2.45) is 28.2 Å². The number of carbonyl (C=O) groups is 2. The number of pyridine rings is 1. The Morgan fingerprint density at radius 1 is 1.21 bits per heavy atom. The van der Waals surface area contributed by atoms with Crippen molar-refractivity contribution in [2.45, 2.75) is 19.9 Å². The summed E-state index contributed by atoms with van der Waals surface area (Å²) in [4.78, 5) is 37.7. The molecule has 13 heteroatoms. The van der Waals surface area contributed by atoms with E-state index in [4.69, 9.17) is 22.7 Å². The third-order valence-corrected chi connectivity index (χ3v) is 6.21. The second kappa shape index (κ2) is 12.6. The van der Waals surface area contributed by atoms with Crippen LogP contribution in [-0.2, 0) is 9.59 Å². The molecule has 1 aromatic rings. The predicted octanol–water partition coefficient (Wildman–Crippen LogP) is 0.398. The van der Waals surface area contributed by atoms with Gasteiger partial charge in [-0.3, -0.25) is 19.6 Å². The van der Waals surface area contributed by atoms with Gasteiger partial charge in [0, 0.05) is 62.8 Å². The van der Waals surface area contributed by atoms with E-state index in [0.29, 0.717) is 30.2 Å². The zero-order chi connectivity index (χ0) is 27.8. The summed E-state index contributed by atoms with van der Waals surface area (Å²) in [5, 5.41) is 11.8. The molecule has 4 rings (SSSR count). The molecule has 0 aromatic carbocycles. The number of rotatable bonds is 6. The van der Waals surface area contributed by atoms with Crippen LogP contribution < -0.4 is 22.6 Å². The molecule has 202 valence electrons. The number of aliphatic imine (C=N–C) groups is 1. The number of amidine groups is 1. The van der Waals surface area contributed by atoms with E-state index in [0.717, 1.165) is 17.4 Å². The van der Waals surface area contributed by atoms with Crippen LogP contribution in [0.15, 0.2) is 71.3 Å². The molecular formula is C25H33FN10O2. The van der Waals surface area contributed by atoms with Crippen molar-refractivity contribution >= 4 is 29.4 Å². The summed E-state index contributed by atoms with van der Waals surface area (Å²) in [7, 11) is 0. The first kappa shape index (κ1) is 28.1. The van der Waals surface area contributed by atoms with E-state index in [1.54, 1.807) is 24.4 Å². The van der Waals surface area contributed by atoms with Crippen molar-refractivity contribution in [1.82, 2.24) is 25.1 Å². The van der Waals surface area contributed by atoms with E-state index >= 15 is 0 Å². The summed E-state index contributed by atoms with van der Waals surface area (Å²) in [6.07, 6.45) is 7.63. The number of amides is 1. The second-order valence-corrected chi connectivity index (χ2v) is 8.24. The first-order valence-corrected chi connectivity index (χ1v) is 12.2. The zero-order valence-corrected chi connectivity index (χ0v) is 21.3. The molecule has 3 aliphatic heterocycles. The topological polar surface area (TPSA) is 183 Å². The van der Waals surface area contributed by atoms with Gasteiger partial charge in [0.2, 0.25) is 5.78 Å². The summed E-state index contributed by atoms with van der Waals surface area (Å²) in [5.74, 6) is 2.92. The van der Waals surface area contributed by atoms with Crippen LogP contribution in [0.3, 0.4) is 0 Å². The van der Waals surface area contributed by atoms with Crippen LogP contribution in [0.25, 0.3) is 5.70 Å². The first-order valence-electron chi connectivity index (χ1n) is 12.2. The van der Waals surface area contributed by atoms with Gasteiger partial charge < -0.3 is 32.0 Å². The fraction of sp³-hybridized carbons (Fsp3) is 0.320. The van der Waals surface area contributed by atoms with E-state index in [-0.39, 0.29) is 24.5 Å². The highest BCUT2D eigenvalue weighted by Crippen LogP contribution is 2.34. The number of aromatic nitrogens is 1. The largest absolute Gasteiger partial charge is 0.403 e. The van der Waals surface area contributed by atoms with Gasteiger partial charge in [0.25, 0.3) is 5.91 Å². The molecule has 0 radical (unpaired) electrons. The Hall–Kier alpha value is -4.52. The number of nitrogens with one attached hydrogen (secondary N) is 2. The predicted molar refractivity (Wildman–Crippen MR) is 143 cm³/mol. The lowest BCUT2D eigenvalue weighted by Crippen LogP contribution is -2.52. The van der Waals surface area contributed by atoms with Gasteiger partial charge in [-0.05, 0) is 12.1 Å². The molecule has 0 saturated carbocycles. The van der Waals surface area contributed by atoms with Gasteiger partial charge in [-0.25, -0.2) is 15.2 Å². The van der Waals surface area contributed by atoms with Crippen LogP contribution in [0.5, 0.6) is 0 Å². The quantitative estimate of drug-likeness (QED) is 0.152. The Balaban J connectivity index is 0.00000195. The lowest BCUT2D eigenvalue weighted by atomic mass is 9.88. The number of hydrazine groups is 1. The van der Waals surface area contributed by atoms with Crippen LogP contribution in [0.2, 0.25) is 0 Å². The molecule has 2 atom stereocenters. The zero-order valence-electron chi connectivity index (χ0n) is 21.3. The van der Waals surface area contributed by atoms with Crippen molar-refractivity contribution in [2.75, 3.05) is 26.2 Å². The number of piperazine rings is 1. The SMILES string of the molecule is CC.N=C/C(=C(\N)c1ccccn1)N1CCN(C(=O)C(=O)C2=CNC3C(N(N)/C=C\N)=NC=C(F)C23)CC1. The molecule has 4 heterocycles. The molecule has 1 aromatic heterocycles. The maximum atomic E-state index is 14.7. The number of hydrogen-bond acceptors (Lipinski definition) is 11. The molecule has 8 N–H and O–H groups in total. The number of allylic oxidation sites excluding steroid dienone is 1. The Morgan fingerprint density at radius 3 is 2.50 bits per heavy atom. The van der Waals surface area contributed by atoms with Gasteiger partial charge in [0.15, 0.2) is 0 Å². The molecule has 1 saturated heterocycles. The van der Waals surface area contributed by atoms with Gasteiger partial charge in [0.1, 0.15) is 11.7 Å². The summed E-state index contributed by atoms with van der Waals surface area (Å²) >= 11 is 0. The van der Waals surface area contributed by atoms with Crippen molar-refractivity contribution in [1.29, 1.82) is 5.41 Å². The minimum absolute atomic E-state index is 0.00168. The van der Waals surface area contributed by atoms with E-state index < -0.39 is 29.5 Å². The lowest BCUT2D eigenvalue weighted by molar-refractivity contribution is -0.143. The van der Waals surface area contributed by atoms with Gasteiger partial charge in [-0.15, -0.1) is 0 Å². The van der Waals surface area contributed by atoms with Crippen molar-refractivity contribution in [3.05, 3.63) is 72.0 Å². The van der Waals surface area contributed by atoms with E-state index in [1.165, 1.54) is 23.5 Å². The summed E-state index contributed by atoms with van der Waals surface area (Å²) in [6.45, 7) is 5.18. The van der Waals surface area contributed by atoms with Crippen LogP contribution in [-0.4, -0.2) is 75.8 Å². The van der Waals surface area contributed by atoms with Crippen LogP contribution in [0, 0.1) is 11.3 Å². The fourth-order valence-corrected chi connectivity index (χ4v) is 4.38. The normalized spacial score (nSPS) is 21.1. The van der Waals surface area contributed by atoms with Gasteiger partial charge in [-0.2, -0.15) is 0 Å². The Bertz CT molecular complexity index is 1200. The highest BCUT2D eigenvalue weighted by atomic mass is 19.1. The summed E-state index contributed by atoms with van der Waals surface area (Å²) in [5.41, 5.74) is 13.0. The molecular weight excluding hydrogens is 491 g/mol. The number of halogens is 1. The number of hydrogen-bond donors (Lipinski definition) is 5. The minimum Gasteiger partial charge on any atom is -0.403 e. The highest BCUT2D eigenvalue weighted by Gasteiger charge is 2.44. The van der Waals surface area contributed by atoms with E-state index in [2.05, 4.69) is 15.3 Å². The van der Waals surface area contributed by atoms with E-state index in [9.17, 15) is 14.0 Å². The molecule has 2 unspecified atom stereocenters. The number of nitrogens with zero attached hydrogens (tertiary/aromatic N) is 5. The average molecular weight is 525 g/mol. The van der Waals surface area contributed by atoms with Gasteiger partial charge >= 0.3 is 0 Å². The van der Waals surface area contributed by atoms with Crippen LogP contribution in [0.1, 0.15) is 19.5 Å². The third kappa shape index (κ3) is 5.57. The summed E-state index contributed by atoms with van der Waals surface area (Å²) < 4.78 is 14.7. The first-order chi connectivity index (χ1) is 18.4. The number of Topliss-reactive ketones (excluding diaryl/α,β-unsaturated/α-hetero) is 1. The second-order valence-electron chi connectivity index (χ2n) is 8.24. The molecule has 0 bridgehead atoms. The average Bonchev–Trinajstić information content (AvgIpc) is 3.41. The monoisotopic (exact) mass is 524 g/mol. The van der Waals surface area contributed by atoms with Gasteiger partial charge in [-0.1, -0.05) is 19.9 Å². The highest BCUT2D eigenvalue weighted by molar-refractivity contribution is 6.43. The number of ketones is 1. The maximum absolute atomic E-state index is 14.7. The maximum Gasteiger partial charge on any atom is 0.294 e. The van der Waals surface area contributed by atoms with Crippen molar-refractivity contribution in [3.63, 3.8) is 0 Å². The number of fused-ring (bicyclic) bond motifs is 1. The number of nitrogens with two attached hydrogens (primary N) is 3. The fourth-order valence-electron chi connectivity index (χ4n) is 4.38.